The zero-order chi connectivity index (χ0) is 14.2. The van der Waals surface area contributed by atoms with Gasteiger partial charge in [0.25, 0.3) is 0 Å². The van der Waals surface area contributed by atoms with Crippen molar-refractivity contribution < 1.29 is 23.7 Å². The van der Waals surface area contributed by atoms with E-state index in [-0.39, 0.29) is 5.97 Å². The van der Waals surface area contributed by atoms with Crippen LogP contribution in [0.2, 0.25) is 0 Å². The van der Waals surface area contributed by atoms with Crippen molar-refractivity contribution in [2.24, 2.45) is 0 Å². The lowest BCUT2D eigenvalue weighted by atomic mass is 10.2. The van der Waals surface area contributed by atoms with Crippen molar-refractivity contribution in [1.82, 2.24) is 0 Å². The number of hydrogen-bond acceptors (Lipinski definition) is 5. The normalized spacial score (nSPS) is 10.6. The average molecular weight is 276 g/mol. The van der Waals surface area contributed by atoms with Crippen LogP contribution >= 0.6 is 0 Å². The van der Waals surface area contributed by atoms with E-state index in [1.807, 2.05) is 6.92 Å². The van der Waals surface area contributed by atoms with Crippen molar-refractivity contribution in [3.05, 3.63) is 0 Å². The molecule has 0 radical (unpaired) electrons. The Morgan fingerprint density at radius 1 is 0.789 bits per heavy atom. The number of carbonyl (C=O) groups excluding carboxylic acids is 1. The summed E-state index contributed by atoms with van der Waals surface area (Å²) >= 11 is 0. The van der Waals surface area contributed by atoms with E-state index < -0.39 is 0 Å². The number of unbranched alkanes of at least 4 members (excludes halogenated alkanes) is 2. The van der Waals surface area contributed by atoms with Gasteiger partial charge in [0.15, 0.2) is 0 Å². The van der Waals surface area contributed by atoms with Gasteiger partial charge in [-0.15, -0.1) is 0 Å². The van der Waals surface area contributed by atoms with Crippen molar-refractivity contribution in [2.75, 3.05) is 46.2 Å². The maximum absolute atomic E-state index is 11.2. The molecule has 0 fully saturated rings. The van der Waals surface area contributed by atoms with Crippen LogP contribution in [0.5, 0.6) is 0 Å². The quantitative estimate of drug-likeness (QED) is 0.359. The molecule has 0 heterocycles. The molecule has 0 aromatic rings. The second-order valence-electron chi connectivity index (χ2n) is 4.10. The Labute approximate surface area is 116 Å². The highest BCUT2D eigenvalue weighted by molar-refractivity contribution is 5.69. The lowest BCUT2D eigenvalue weighted by Crippen LogP contribution is -2.13. The van der Waals surface area contributed by atoms with Crippen LogP contribution in [0.25, 0.3) is 0 Å². The van der Waals surface area contributed by atoms with Gasteiger partial charge in [0.2, 0.25) is 0 Å². The molecule has 0 unspecified atom stereocenters. The molecule has 0 aliphatic carbocycles. The van der Waals surface area contributed by atoms with Crippen LogP contribution in [0, 0.1) is 0 Å². The fraction of sp³-hybridized carbons (Fsp3) is 0.929. The minimum atomic E-state index is -0.134. The van der Waals surface area contributed by atoms with Gasteiger partial charge in [-0.3, -0.25) is 4.79 Å². The lowest BCUT2D eigenvalue weighted by Gasteiger charge is -2.07. The number of esters is 1. The van der Waals surface area contributed by atoms with Gasteiger partial charge in [-0.25, -0.2) is 0 Å². The highest BCUT2D eigenvalue weighted by atomic mass is 16.6. The van der Waals surface area contributed by atoms with Gasteiger partial charge in [-0.05, 0) is 13.3 Å². The molecule has 5 nitrogen and oxygen atoms in total. The molecule has 0 spiro atoms. The summed E-state index contributed by atoms with van der Waals surface area (Å²) in [6, 6.07) is 0. The van der Waals surface area contributed by atoms with Crippen molar-refractivity contribution in [3.63, 3.8) is 0 Å². The molecule has 0 atom stereocenters. The van der Waals surface area contributed by atoms with Crippen molar-refractivity contribution in [3.8, 4) is 0 Å². The molecule has 0 aromatic heterocycles. The van der Waals surface area contributed by atoms with E-state index in [0.29, 0.717) is 52.7 Å². The summed E-state index contributed by atoms with van der Waals surface area (Å²) in [4.78, 5) is 11.2. The first-order valence-electron chi connectivity index (χ1n) is 7.20. The summed E-state index contributed by atoms with van der Waals surface area (Å²) < 4.78 is 20.7. The second-order valence-corrected chi connectivity index (χ2v) is 4.10. The molecule has 114 valence electrons. The van der Waals surface area contributed by atoms with E-state index in [9.17, 15) is 4.79 Å². The Morgan fingerprint density at radius 3 is 1.95 bits per heavy atom. The first-order chi connectivity index (χ1) is 9.31. The third-order valence-electron chi connectivity index (χ3n) is 2.42. The molecule has 0 rings (SSSR count). The summed E-state index contributed by atoms with van der Waals surface area (Å²) in [6.45, 7) is 7.77. The zero-order valence-electron chi connectivity index (χ0n) is 12.3. The molecule has 0 aliphatic heterocycles. The Hall–Kier alpha value is -0.650. The standard InChI is InChI=1S/C14H28O5/c1-3-5-6-7-14(15)19-13-12-18-11-10-17-9-8-16-4-2/h3-13H2,1-2H3. The predicted molar refractivity (Wildman–Crippen MR) is 73.2 cm³/mol. The van der Waals surface area contributed by atoms with Crippen LogP contribution in [0.3, 0.4) is 0 Å². The minimum Gasteiger partial charge on any atom is -0.463 e. The Kier molecular flexibility index (Phi) is 14.9. The maximum atomic E-state index is 11.2. The summed E-state index contributed by atoms with van der Waals surface area (Å²) in [5, 5.41) is 0. The topological polar surface area (TPSA) is 54.0 Å². The van der Waals surface area contributed by atoms with Crippen LogP contribution in [0.15, 0.2) is 0 Å². The van der Waals surface area contributed by atoms with Crippen LogP contribution in [-0.4, -0.2) is 52.2 Å². The average Bonchev–Trinajstić information content (AvgIpc) is 2.41. The fourth-order valence-electron chi connectivity index (χ4n) is 1.39. The second kappa shape index (κ2) is 15.4. The monoisotopic (exact) mass is 276 g/mol. The van der Waals surface area contributed by atoms with Gasteiger partial charge >= 0.3 is 5.97 Å². The van der Waals surface area contributed by atoms with Crippen LogP contribution < -0.4 is 0 Å². The maximum Gasteiger partial charge on any atom is 0.305 e. The Bertz CT molecular complexity index is 196. The first-order valence-corrected chi connectivity index (χ1v) is 7.20. The molecule has 0 saturated heterocycles. The van der Waals surface area contributed by atoms with Crippen molar-refractivity contribution >= 4 is 5.97 Å². The van der Waals surface area contributed by atoms with E-state index in [0.717, 1.165) is 19.3 Å². The van der Waals surface area contributed by atoms with Crippen molar-refractivity contribution in [2.45, 2.75) is 39.5 Å². The number of rotatable bonds is 14. The molecule has 5 heteroatoms. The molecule has 19 heavy (non-hydrogen) atoms. The summed E-state index contributed by atoms with van der Waals surface area (Å²) in [7, 11) is 0. The third-order valence-corrected chi connectivity index (χ3v) is 2.42. The van der Waals surface area contributed by atoms with E-state index in [1.54, 1.807) is 0 Å². The van der Waals surface area contributed by atoms with Crippen molar-refractivity contribution in [1.29, 1.82) is 0 Å². The molecule has 0 N–H and O–H groups in total. The van der Waals surface area contributed by atoms with E-state index >= 15 is 0 Å². The Morgan fingerprint density at radius 2 is 1.37 bits per heavy atom. The highest BCUT2D eigenvalue weighted by Crippen LogP contribution is 2.00. The van der Waals surface area contributed by atoms with Crippen LogP contribution in [0.1, 0.15) is 39.5 Å². The van der Waals surface area contributed by atoms with Gasteiger partial charge in [0.05, 0.1) is 33.0 Å². The van der Waals surface area contributed by atoms with Crippen LogP contribution in [-0.2, 0) is 23.7 Å². The van der Waals surface area contributed by atoms with Gasteiger partial charge in [0, 0.05) is 13.0 Å². The summed E-state index contributed by atoms with van der Waals surface area (Å²) in [6.07, 6.45) is 3.60. The molecule has 0 amide bonds. The smallest absolute Gasteiger partial charge is 0.305 e. The van der Waals surface area contributed by atoms with E-state index in [1.165, 1.54) is 0 Å². The number of carbonyl (C=O) groups is 1. The van der Waals surface area contributed by atoms with Gasteiger partial charge < -0.3 is 18.9 Å². The molecule has 0 aromatic carbocycles. The van der Waals surface area contributed by atoms with Crippen LogP contribution in [0.4, 0.5) is 0 Å². The molecular weight excluding hydrogens is 248 g/mol. The largest absolute Gasteiger partial charge is 0.463 e. The predicted octanol–water partition coefficient (Wildman–Crippen LogP) is 2.18. The third kappa shape index (κ3) is 15.3. The van der Waals surface area contributed by atoms with E-state index in [2.05, 4.69) is 6.92 Å². The zero-order valence-corrected chi connectivity index (χ0v) is 12.3. The summed E-state index contributed by atoms with van der Waals surface area (Å²) in [5.41, 5.74) is 0. The molecule has 0 aliphatic rings. The first kappa shape index (κ1) is 18.4. The van der Waals surface area contributed by atoms with E-state index in [4.69, 9.17) is 18.9 Å². The number of ether oxygens (including phenoxy) is 4. The number of hydrogen-bond donors (Lipinski definition) is 0. The lowest BCUT2D eigenvalue weighted by molar-refractivity contribution is -0.145. The highest BCUT2D eigenvalue weighted by Gasteiger charge is 2.01. The van der Waals surface area contributed by atoms with Gasteiger partial charge in [-0.2, -0.15) is 0 Å². The minimum absolute atomic E-state index is 0.134. The Balaban J connectivity index is 3.07. The summed E-state index contributed by atoms with van der Waals surface area (Å²) in [5.74, 6) is -0.134. The molecule has 0 bridgehead atoms. The molecule has 0 saturated carbocycles. The molecular formula is C14H28O5. The van der Waals surface area contributed by atoms with Gasteiger partial charge in [-0.1, -0.05) is 19.8 Å². The fourth-order valence-corrected chi connectivity index (χ4v) is 1.39. The SMILES string of the molecule is CCCCCC(=O)OCCOCCOCCOCC. The van der Waals surface area contributed by atoms with Gasteiger partial charge in [0.1, 0.15) is 6.61 Å².